The molecule has 148 valence electrons. The number of anilines is 1. The van der Waals surface area contributed by atoms with Crippen LogP contribution in [-0.2, 0) is 9.53 Å². The summed E-state index contributed by atoms with van der Waals surface area (Å²) in [5.41, 5.74) is 0.982. The minimum atomic E-state index is -5.00. The van der Waals surface area contributed by atoms with Crippen molar-refractivity contribution < 1.29 is 31.8 Å². The second-order valence-electron chi connectivity index (χ2n) is 6.80. The van der Waals surface area contributed by atoms with Crippen LogP contribution in [0.5, 0.6) is 5.75 Å². The standard InChI is InChI=1S/C19H16F4N2O3/c20-12-9-11(1-2-13(12)28-19(21,22)23)25-18(26)17-15-4-3-14(27-15)16(17)10-5-7-24-8-6-10/h1-2,5-9,14-17H,3-4H2,(H,25,26). The summed E-state index contributed by atoms with van der Waals surface area (Å²) < 4.78 is 60.1. The zero-order valence-corrected chi connectivity index (χ0v) is 14.4. The summed E-state index contributed by atoms with van der Waals surface area (Å²) in [6.07, 6.45) is -0.445. The van der Waals surface area contributed by atoms with Gasteiger partial charge in [-0.15, -0.1) is 13.2 Å². The lowest BCUT2D eigenvalue weighted by atomic mass is 9.75. The maximum atomic E-state index is 13.9. The summed E-state index contributed by atoms with van der Waals surface area (Å²) in [6, 6.07) is 6.46. The van der Waals surface area contributed by atoms with Gasteiger partial charge in [0.15, 0.2) is 11.6 Å². The maximum absolute atomic E-state index is 13.9. The first-order valence-electron chi connectivity index (χ1n) is 8.73. The number of benzene rings is 1. The number of rotatable bonds is 4. The summed E-state index contributed by atoms with van der Waals surface area (Å²) in [4.78, 5) is 16.9. The number of nitrogens with one attached hydrogen (secondary N) is 1. The Morgan fingerprint density at radius 3 is 2.54 bits per heavy atom. The Morgan fingerprint density at radius 2 is 1.86 bits per heavy atom. The molecule has 28 heavy (non-hydrogen) atoms. The van der Waals surface area contributed by atoms with Crippen LogP contribution in [0, 0.1) is 11.7 Å². The van der Waals surface area contributed by atoms with E-state index in [0.717, 1.165) is 36.6 Å². The van der Waals surface area contributed by atoms with Crippen molar-refractivity contribution in [2.75, 3.05) is 5.32 Å². The molecule has 0 aliphatic carbocycles. The Bertz CT molecular complexity index is 875. The first kappa shape index (κ1) is 18.7. The fourth-order valence-corrected chi connectivity index (χ4v) is 4.03. The lowest BCUT2D eigenvalue weighted by molar-refractivity contribution is -0.275. The molecule has 9 heteroatoms. The monoisotopic (exact) mass is 396 g/mol. The largest absolute Gasteiger partial charge is 0.573 e. The molecule has 5 nitrogen and oxygen atoms in total. The number of pyridine rings is 1. The Labute approximate surface area is 157 Å². The van der Waals surface area contributed by atoms with E-state index >= 15 is 0 Å². The predicted octanol–water partition coefficient (Wildman–Crippen LogP) is 4.02. The van der Waals surface area contributed by atoms with E-state index in [1.165, 1.54) is 0 Å². The molecule has 1 amide bonds. The smallest absolute Gasteiger partial charge is 0.403 e. The number of alkyl halides is 3. The first-order valence-corrected chi connectivity index (χ1v) is 8.73. The van der Waals surface area contributed by atoms with E-state index in [2.05, 4.69) is 15.0 Å². The van der Waals surface area contributed by atoms with Crippen LogP contribution in [0.4, 0.5) is 23.2 Å². The minimum absolute atomic E-state index is 0.0493. The number of aromatic nitrogens is 1. The van der Waals surface area contributed by atoms with Gasteiger partial charge in [-0.1, -0.05) is 0 Å². The van der Waals surface area contributed by atoms with Gasteiger partial charge < -0.3 is 14.8 Å². The lowest BCUT2D eigenvalue weighted by Crippen LogP contribution is -2.36. The van der Waals surface area contributed by atoms with Gasteiger partial charge in [-0.3, -0.25) is 9.78 Å². The van der Waals surface area contributed by atoms with E-state index in [-0.39, 0.29) is 29.7 Å². The highest BCUT2D eigenvalue weighted by Crippen LogP contribution is 2.49. The van der Waals surface area contributed by atoms with Gasteiger partial charge >= 0.3 is 6.36 Å². The highest BCUT2D eigenvalue weighted by molar-refractivity contribution is 5.94. The second-order valence-corrected chi connectivity index (χ2v) is 6.80. The van der Waals surface area contributed by atoms with Crippen molar-refractivity contribution in [1.82, 2.24) is 4.98 Å². The van der Waals surface area contributed by atoms with Gasteiger partial charge in [-0.05, 0) is 42.7 Å². The van der Waals surface area contributed by atoms with Gasteiger partial charge in [-0.2, -0.15) is 0 Å². The number of fused-ring (bicyclic) bond motifs is 2. The van der Waals surface area contributed by atoms with Gasteiger partial charge in [0.1, 0.15) is 0 Å². The summed E-state index contributed by atoms with van der Waals surface area (Å²) in [5, 5.41) is 2.59. The molecular weight excluding hydrogens is 380 g/mol. The van der Waals surface area contributed by atoms with Crippen LogP contribution < -0.4 is 10.1 Å². The van der Waals surface area contributed by atoms with Crippen molar-refractivity contribution in [3.05, 3.63) is 54.1 Å². The van der Waals surface area contributed by atoms with E-state index in [0.29, 0.717) is 0 Å². The Morgan fingerprint density at radius 1 is 1.14 bits per heavy atom. The third-order valence-corrected chi connectivity index (χ3v) is 5.09. The molecule has 4 unspecified atom stereocenters. The quantitative estimate of drug-likeness (QED) is 0.794. The fraction of sp³-hybridized carbons (Fsp3) is 0.368. The normalized spacial score (nSPS) is 26.3. The van der Waals surface area contributed by atoms with Crippen LogP contribution in [0.1, 0.15) is 24.3 Å². The van der Waals surface area contributed by atoms with Crippen molar-refractivity contribution >= 4 is 11.6 Å². The molecule has 2 saturated heterocycles. The first-order chi connectivity index (χ1) is 13.3. The Balaban J connectivity index is 1.52. The van der Waals surface area contributed by atoms with Crippen molar-refractivity contribution in [1.29, 1.82) is 0 Å². The molecule has 0 spiro atoms. The molecule has 1 aromatic carbocycles. The summed E-state index contributed by atoms with van der Waals surface area (Å²) in [6.45, 7) is 0. The van der Waals surface area contributed by atoms with Gasteiger partial charge in [0, 0.05) is 30.1 Å². The molecule has 2 aliphatic rings. The molecule has 1 aromatic heterocycles. The van der Waals surface area contributed by atoms with E-state index in [1.807, 2.05) is 12.1 Å². The van der Waals surface area contributed by atoms with Crippen LogP contribution in [0.25, 0.3) is 0 Å². The molecule has 1 N–H and O–H groups in total. The molecule has 2 bridgehead atoms. The average molecular weight is 396 g/mol. The number of hydrogen-bond acceptors (Lipinski definition) is 4. The number of carbonyl (C=O) groups is 1. The molecule has 2 fully saturated rings. The summed E-state index contributed by atoms with van der Waals surface area (Å²) in [5.74, 6) is -3.17. The third-order valence-electron chi connectivity index (χ3n) is 5.09. The van der Waals surface area contributed by atoms with Crippen LogP contribution in [0.2, 0.25) is 0 Å². The Kier molecular flexibility index (Phi) is 4.70. The number of amides is 1. The molecule has 2 aromatic rings. The van der Waals surface area contributed by atoms with Gasteiger partial charge in [0.05, 0.1) is 18.1 Å². The van der Waals surface area contributed by atoms with Crippen LogP contribution in [-0.4, -0.2) is 29.5 Å². The number of nitrogens with zero attached hydrogens (tertiary/aromatic N) is 1. The molecule has 0 saturated carbocycles. The predicted molar refractivity (Wildman–Crippen MR) is 90.1 cm³/mol. The molecule has 4 rings (SSSR count). The van der Waals surface area contributed by atoms with Crippen molar-refractivity contribution in [3.63, 3.8) is 0 Å². The second kappa shape index (κ2) is 7.05. The lowest BCUT2D eigenvalue weighted by Gasteiger charge is -2.27. The fourth-order valence-electron chi connectivity index (χ4n) is 4.03. The zero-order valence-electron chi connectivity index (χ0n) is 14.4. The Hall–Kier alpha value is -2.68. The molecule has 4 atom stereocenters. The van der Waals surface area contributed by atoms with Gasteiger partial charge in [0.25, 0.3) is 0 Å². The molecular formula is C19H16F4N2O3. The molecule has 0 radical (unpaired) electrons. The van der Waals surface area contributed by atoms with Gasteiger partial charge in [-0.25, -0.2) is 4.39 Å². The number of halogens is 4. The topological polar surface area (TPSA) is 60.5 Å². The van der Waals surface area contributed by atoms with Crippen molar-refractivity contribution in [2.45, 2.75) is 37.3 Å². The maximum Gasteiger partial charge on any atom is 0.573 e. The highest BCUT2D eigenvalue weighted by Gasteiger charge is 2.52. The minimum Gasteiger partial charge on any atom is -0.403 e. The summed E-state index contributed by atoms with van der Waals surface area (Å²) >= 11 is 0. The average Bonchev–Trinajstić information content (AvgIpc) is 3.25. The number of hydrogen-bond donors (Lipinski definition) is 1. The van der Waals surface area contributed by atoms with Crippen molar-refractivity contribution in [2.24, 2.45) is 5.92 Å². The SMILES string of the molecule is O=C(Nc1ccc(OC(F)(F)F)c(F)c1)C1C2CCC(O2)C1c1ccncc1. The third kappa shape index (κ3) is 3.66. The van der Waals surface area contributed by atoms with E-state index in [4.69, 9.17) is 4.74 Å². The highest BCUT2D eigenvalue weighted by atomic mass is 19.4. The van der Waals surface area contributed by atoms with Crippen LogP contribution in [0.3, 0.4) is 0 Å². The van der Waals surface area contributed by atoms with E-state index in [9.17, 15) is 22.4 Å². The van der Waals surface area contributed by atoms with E-state index in [1.54, 1.807) is 12.4 Å². The van der Waals surface area contributed by atoms with Gasteiger partial charge in [0.2, 0.25) is 5.91 Å². The number of ether oxygens (including phenoxy) is 2. The summed E-state index contributed by atoms with van der Waals surface area (Å²) in [7, 11) is 0. The van der Waals surface area contributed by atoms with Crippen LogP contribution >= 0.6 is 0 Å². The molecule has 3 heterocycles. The molecule has 2 aliphatic heterocycles. The zero-order chi connectivity index (χ0) is 19.9. The van der Waals surface area contributed by atoms with Crippen LogP contribution in [0.15, 0.2) is 42.7 Å². The van der Waals surface area contributed by atoms with E-state index < -0.39 is 23.8 Å². The van der Waals surface area contributed by atoms with Crippen molar-refractivity contribution in [3.8, 4) is 5.75 Å². The number of carbonyl (C=O) groups excluding carboxylic acids is 1.